The van der Waals surface area contributed by atoms with Gasteiger partial charge in [-0.3, -0.25) is 0 Å². The highest BCUT2D eigenvalue weighted by molar-refractivity contribution is 7.22. The number of nitrogen functional groups attached to an aromatic ring is 1. The van der Waals surface area contributed by atoms with Gasteiger partial charge >= 0.3 is 0 Å². The molecule has 1 aromatic heterocycles. The highest BCUT2D eigenvalue weighted by Crippen LogP contribution is 2.27. The van der Waals surface area contributed by atoms with Crippen molar-refractivity contribution in [3.05, 3.63) is 18.2 Å². The monoisotopic (exact) mass is 262 g/mol. The van der Waals surface area contributed by atoms with Crippen molar-refractivity contribution in [3.8, 4) is 0 Å². The Hall–Kier alpha value is -1.33. The summed E-state index contributed by atoms with van der Waals surface area (Å²) in [7, 11) is 0. The Morgan fingerprint density at radius 3 is 3.00 bits per heavy atom. The number of aromatic nitrogens is 1. The molecule has 3 rings (SSSR count). The van der Waals surface area contributed by atoms with Gasteiger partial charge in [-0.25, -0.2) is 4.98 Å². The zero-order valence-electron chi connectivity index (χ0n) is 10.4. The number of thiazole rings is 1. The number of nitrogens with zero attached hydrogens (tertiary/aromatic N) is 2. The van der Waals surface area contributed by atoms with Gasteiger partial charge < -0.3 is 16.0 Å². The van der Waals surface area contributed by atoms with Crippen molar-refractivity contribution in [2.24, 2.45) is 0 Å². The number of anilines is 2. The summed E-state index contributed by atoms with van der Waals surface area (Å²) in [6, 6.07) is 5.89. The fourth-order valence-electron chi connectivity index (χ4n) is 2.35. The van der Waals surface area contributed by atoms with E-state index in [1.54, 1.807) is 11.3 Å². The Morgan fingerprint density at radius 1 is 1.33 bits per heavy atom. The molecule has 1 saturated heterocycles. The highest BCUT2D eigenvalue weighted by atomic mass is 32.1. The van der Waals surface area contributed by atoms with Crippen molar-refractivity contribution in [1.82, 2.24) is 9.88 Å². The minimum Gasteiger partial charge on any atom is -0.399 e. The molecule has 0 radical (unpaired) electrons. The molecule has 1 aliphatic rings. The van der Waals surface area contributed by atoms with Gasteiger partial charge in [0.2, 0.25) is 0 Å². The summed E-state index contributed by atoms with van der Waals surface area (Å²) in [4.78, 5) is 7.04. The van der Waals surface area contributed by atoms with Crippen LogP contribution in [0.1, 0.15) is 12.8 Å². The molecule has 0 unspecified atom stereocenters. The van der Waals surface area contributed by atoms with Crippen molar-refractivity contribution < 1.29 is 0 Å². The smallest absolute Gasteiger partial charge is 0.183 e. The van der Waals surface area contributed by atoms with Gasteiger partial charge in [-0.15, -0.1) is 0 Å². The average Bonchev–Trinajstić information content (AvgIpc) is 2.97. The summed E-state index contributed by atoms with van der Waals surface area (Å²) in [5.74, 6) is 0. The fraction of sp³-hybridized carbons (Fsp3) is 0.462. The van der Waals surface area contributed by atoms with E-state index in [4.69, 9.17) is 5.73 Å². The summed E-state index contributed by atoms with van der Waals surface area (Å²) in [5, 5.41) is 4.40. The highest BCUT2D eigenvalue weighted by Gasteiger charge is 2.10. The predicted octanol–water partition coefficient (Wildman–Crippen LogP) is 2.39. The van der Waals surface area contributed by atoms with Crippen LogP contribution in [0.15, 0.2) is 18.2 Å². The molecule has 0 amide bonds. The predicted molar refractivity (Wildman–Crippen MR) is 78.2 cm³/mol. The van der Waals surface area contributed by atoms with Crippen LogP contribution in [0.2, 0.25) is 0 Å². The maximum atomic E-state index is 5.75. The number of rotatable bonds is 4. The van der Waals surface area contributed by atoms with Crippen LogP contribution in [0.5, 0.6) is 0 Å². The molecule has 0 aliphatic carbocycles. The van der Waals surface area contributed by atoms with E-state index in [9.17, 15) is 0 Å². The van der Waals surface area contributed by atoms with Crippen LogP contribution in [-0.2, 0) is 0 Å². The topological polar surface area (TPSA) is 54.2 Å². The first kappa shape index (κ1) is 11.7. The third-order valence-corrected chi connectivity index (χ3v) is 4.31. The second-order valence-electron chi connectivity index (χ2n) is 4.72. The standard InChI is InChI=1S/C13H18N4S/c14-10-3-4-12-11(9-10)16-13(18-12)15-5-8-17-6-1-2-7-17/h3-4,9H,1-2,5-8,14H2,(H,15,16). The molecule has 96 valence electrons. The number of likely N-dealkylation sites (tertiary alicyclic amines) is 1. The first-order chi connectivity index (χ1) is 8.81. The van der Waals surface area contributed by atoms with Gasteiger partial charge in [0.05, 0.1) is 10.2 Å². The summed E-state index contributed by atoms with van der Waals surface area (Å²) >= 11 is 1.69. The van der Waals surface area contributed by atoms with E-state index in [0.29, 0.717) is 0 Å². The molecule has 5 heteroatoms. The second kappa shape index (κ2) is 5.12. The summed E-state index contributed by atoms with van der Waals surface area (Å²) < 4.78 is 1.19. The van der Waals surface area contributed by atoms with E-state index in [2.05, 4.69) is 15.2 Å². The lowest BCUT2D eigenvalue weighted by molar-refractivity contribution is 0.352. The van der Waals surface area contributed by atoms with E-state index in [1.807, 2.05) is 18.2 Å². The fourth-order valence-corrected chi connectivity index (χ4v) is 3.22. The Bertz CT molecular complexity index is 531. The van der Waals surface area contributed by atoms with Crippen molar-refractivity contribution in [3.63, 3.8) is 0 Å². The van der Waals surface area contributed by atoms with Crippen LogP contribution < -0.4 is 11.1 Å². The van der Waals surface area contributed by atoms with Gasteiger partial charge in [0.15, 0.2) is 5.13 Å². The molecule has 3 N–H and O–H groups in total. The molecule has 1 aromatic carbocycles. The van der Waals surface area contributed by atoms with Crippen LogP contribution in [-0.4, -0.2) is 36.1 Å². The van der Waals surface area contributed by atoms with Gasteiger partial charge in [-0.05, 0) is 44.1 Å². The SMILES string of the molecule is Nc1ccc2sc(NCCN3CCCC3)nc2c1. The molecule has 0 spiro atoms. The molecular weight excluding hydrogens is 244 g/mol. The molecule has 18 heavy (non-hydrogen) atoms. The van der Waals surface area contributed by atoms with E-state index in [-0.39, 0.29) is 0 Å². The molecular formula is C13H18N4S. The van der Waals surface area contributed by atoms with Crippen LogP contribution in [0, 0.1) is 0 Å². The number of benzene rings is 1. The molecule has 0 bridgehead atoms. The molecule has 2 aromatic rings. The summed E-state index contributed by atoms with van der Waals surface area (Å²) in [6.45, 7) is 4.57. The van der Waals surface area contributed by atoms with E-state index in [1.165, 1.54) is 30.6 Å². The zero-order valence-corrected chi connectivity index (χ0v) is 11.2. The van der Waals surface area contributed by atoms with E-state index >= 15 is 0 Å². The molecule has 0 saturated carbocycles. The van der Waals surface area contributed by atoms with E-state index < -0.39 is 0 Å². The van der Waals surface area contributed by atoms with Crippen LogP contribution >= 0.6 is 11.3 Å². The van der Waals surface area contributed by atoms with Crippen molar-refractivity contribution in [2.45, 2.75) is 12.8 Å². The molecule has 2 heterocycles. The van der Waals surface area contributed by atoms with Gasteiger partial charge in [0.25, 0.3) is 0 Å². The van der Waals surface area contributed by atoms with Crippen LogP contribution in [0.25, 0.3) is 10.2 Å². The van der Waals surface area contributed by atoms with Gasteiger partial charge in [-0.2, -0.15) is 0 Å². The lowest BCUT2D eigenvalue weighted by atomic mass is 10.3. The maximum absolute atomic E-state index is 5.75. The summed E-state index contributed by atoms with van der Waals surface area (Å²) in [5.41, 5.74) is 7.52. The van der Waals surface area contributed by atoms with Gasteiger partial charge in [0, 0.05) is 18.8 Å². The Labute approximate surface area is 111 Å². The third kappa shape index (κ3) is 2.57. The number of nitrogens with one attached hydrogen (secondary N) is 1. The number of hydrogen-bond acceptors (Lipinski definition) is 5. The Morgan fingerprint density at radius 2 is 2.17 bits per heavy atom. The van der Waals surface area contributed by atoms with Crippen molar-refractivity contribution in [2.75, 3.05) is 37.2 Å². The molecule has 1 aliphatic heterocycles. The lowest BCUT2D eigenvalue weighted by Gasteiger charge is -2.13. The first-order valence-corrected chi connectivity index (χ1v) is 7.25. The van der Waals surface area contributed by atoms with Crippen LogP contribution in [0.4, 0.5) is 10.8 Å². The number of fused-ring (bicyclic) bond motifs is 1. The number of hydrogen-bond donors (Lipinski definition) is 2. The minimum atomic E-state index is 0.774. The molecule has 4 nitrogen and oxygen atoms in total. The maximum Gasteiger partial charge on any atom is 0.183 e. The second-order valence-corrected chi connectivity index (χ2v) is 5.75. The Balaban J connectivity index is 1.60. The van der Waals surface area contributed by atoms with Crippen molar-refractivity contribution >= 4 is 32.4 Å². The van der Waals surface area contributed by atoms with Crippen LogP contribution in [0.3, 0.4) is 0 Å². The minimum absolute atomic E-state index is 0.774. The van der Waals surface area contributed by atoms with Gasteiger partial charge in [0.1, 0.15) is 0 Å². The largest absolute Gasteiger partial charge is 0.399 e. The molecule has 1 fully saturated rings. The summed E-state index contributed by atoms with van der Waals surface area (Å²) in [6.07, 6.45) is 2.70. The van der Waals surface area contributed by atoms with Gasteiger partial charge in [-0.1, -0.05) is 11.3 Å². The molecule has 0 atom stereocenters. The third-order valence-electron chi connectivity index (χ3n) is 3.31. The first-order valence-electron chi connectivity index (χ1n) is 6.43. The average molecular weight is 262 g/mol. The quantitative estimate of drug-likeness (QED) is 0.831. The lowest BCUT2D eigenvalue weighted by Crippen LogP contribution is -2.25. The normalized spacial score (nSPS) is 16.4. The number of nitrogens with two attached hydrogens (primary N) is 1. The van der Waals surface area contributed by atoms with E-state index in [0.717, 1.165) is 29.4 Å². The Kier molecular flexibility index (Phi) is 3.34. The van der Waals surface area contributed by atoms with Crippen molar-refractivity contribution in [1.29, 1.82) is 0 Å². The zero-order chi connectivity index (χ0) is 12.4.